The number of aliphatic hydroxyl groups is 1. The Morgan fingerprint density at radius 3 is 2.83 bits per heavy atom. The van der Waals surface area contributed by atoms with Gasteiger partial charge in [-0.1, -0.05) is 6.92 Å². The molecule has 0 radical (unpaired) electrons. The third kappa shape index (κ3) is 3.02. The van der Waals surface area contributed by atoms with Crippen molar-refractivity contribution in [3.05, 3.63) is 38.3 Å². The standard InChI is InChI=1S/C13H17BrN2OS/c1-3-11-13(14)12(16(2)15-11)7-10(17)6-9-4-5-18-8-9/h4-5,8,10,17H,3,6-7H2,1-2H3. The van der Waals surface area contributed by atoms with Crippen LogP contribution in [0, 0.1) is 0 Å². The number of thiophene rings is 1. The van der Waals surface area contributed by atoms with E-state index in [-0.39, 0.29) is 6.10 Å². The van der Waals surface area contributed by atoms with Crippen molar-refractivity contribution < 1.29 is 5.11 Å². The van der Waals surface area contributed by atoms with Gasteiger partial charge in [0.1, 0.15) is 0 Å². The molecule has 2 aromatic rings. The van der Waals surface area contributed by atoms with E-state index in [1.165, 1.54) is 5.56 Å². The van der Waals surface area contributed by atoms with Gasteiger partial charge in [0, 0.05) is 13.5 Å². The monoisotopic (exact) mass is 328 g/mol. The zero-order chi connectivity index (χ0) is 13.1. The molecule has 1 unspecified atom stereocenters. The molecule has 2 rings (SSSR count). The van der Waals surface area contributed by atoms with Crippen LogP contribution >= 0.6 is 27.3 Å². The number of aryl methyl sites for hydroxylation is 2. The Morgan fingerprint density at radius 2 is 2.28 bits per heavy atom. The van der Waals surface area contributed by atoms with Crippen LogP contribution in [0.2, 0.25) is 0 Å². The van der Waals surface area contributed by atoms with E-state index >= 15 is 0 Å². The van der Waals surface area contributed by atoms with Crippen LogP contribution in [-0.2, 0) is 26.3 Å². The van der Waals surface area contributed by atoms with Gasteiger partial charge in [-0.3, -0.25) is 4.68 Å². The summed E-state index contributed by atoms with van der Waals surface area (Å²) in [5.41, 5.74) is 3.31. The first-order valence-electron chi connectivity index (χ1n) is 6.01. The summed E-state index contributed by atoms with van der Waals surface area (Å²) in [5, 5.41) is 18.7. The molecule has 0 bridgehead atoms. The van der Waals surface area contributed by atoms with E-state index in [2.05, 4.69) is 39.4 Å². The van der Waals surface area contributed by atoms with Crippen molar-refractivity contribution in [2.24, 2.45) is 7.05 Å². The number of aromatic nitrogens is 2. The minimum atomic E-state index is -0.365. The Balaban J connectivity index is 2.07. The predicted molar refractivity (Wildman–Crippen MR) is 78.0 cm³/mol. The number of aliphatic hydroxyl groups excluding tert-OH is 1. The Hall–Kier alpha value is -0.650. The second-order valence-corrected chi connectivity index (χ2v) is 5.95. The molecule has 0 aliphatic carbocycles. The predicted octanol–water partition coefficient (Wildman–Crippen LogP) is 2.95. The number of hydrogen-bond acceptors (Lipinski definition) is 3. The SMILES string of the molecule is CCc1nn(C)c(CC(O)Cc2ccsc2)c1Br. The van der Waals surface area contributed by atoms with Gasteiger partial charge >= 0.3 is 0 Å². The fourth-order valence-electron chi connectivity index (χ4n) is 2.02. The number of halogens is 1. The third-order valence-corrected chi connectivity index (χ3v) is 4.63. The van der Waals surface area contributed by atoms with Crippen LogP contribution < -0.4 is 0 Å². The molecule has 3 nitrogen and oxygen atoms in total. The maximum atomic E-state index is 10.1. The van der Waals surface area contributed by atoms with Crippen molar-refractivity contribution in [3.8, 4) is 0 Å². The van der Waals surface area contributed by atoms with Gasteiger partial charge in [-0.2, -0.15) is 16.4 Å². The normalized spacial score (nSPS) is 12.9. The number of rotatable bonds is 5. The summed E-state index contributed by atoms with van der Waals surface area (Å²) in [6, 6.07) is 2.06. The molecule has 5 heteroatoms. The maximum Gasteiger partial charge on any atom is 0.0766 e. The third-order valence-electron chi connectivity index (χ3n) is 2.98. The van der Waals surface area contributed by atoms with Crippen LogP contribution in [0.3, 0.4) is 0 Å². The molecule has 2 heterocycles. The highest BCUT2D eigenvalue weighted by Gasteiger charge is 2.16. The van der Waals surface area contributed by atoms with Crippen molar-refractivity contribution in [1.29, 1.82) is 0 Å². The van der Waals surface area contributed by atoms with Crippen LogP contribution in [0.1, 0.15) is 23.9 Å². The lowest BCUT2D eigenvalue weighted by Gasteiger charge is -2.10. The molecule has 1 atom stereocenters. The highest BCUT2D eigenvalue weighted by Crippen LogP contribution is 2.23. The topological polar surface area (TPSA) is 38.0 Å². The summed E-state index contributed by atoms with van der Waals surface area (Å²) in [6.45, 7) is 2.08. The molecule has 0 aromatic carbocycles. The van der Waals surface area contributed by atoms with E-state index in [1.54, 1.807) is 11.3 Å². The quantitative estimate of drug-likeness (QED) is 0.916. The van der Waals surface area contributed by atoms with Crippen LogP contribution in [0.25, 0.3) is 0 Å². The van der Waals surface area contributed by atoms with E-state index < -0.39 is 0 Å². The fraction of sp³-hybridized carbons (Fsp3) is 0.462. The van der Waals surface area contributed by atoms with Gasteiger partial charge in [0.25, 0.3) is 0 Å². The van der Waals surface area contributed by atoms with Crippen molar-refractivity contribution >= 4 is 27.3 Å². The van der Waals surface area contributed by atoms with E-state index in [4.69, 9.17) is 0 Å². The molecule has 0 amide bonds. The van der Waals surface area contributed by atoms with Gasteiger partial charge in [0.2, 0.25) is 0 Å². The molecule has 0 aliphatic heterocycles. The Morgan fingerprint density at radius 1 is 1.50 bits per heavy atom. The summed E-state index contributed by atoms with van der Waals surface area (Å²) >= 11 is 5.24. The Bertz CT molecular complexity index is 507. The summed E-state index contributed by atoms with van der Waals surface area (Å²) in [5.74, 6) is 0. The first-order chi connectivity index (χ1) is 8.61. The Labute approximate surface area is 120 Å². The van der Waals surface area contributed by atoms with Crippen LogP contribution in [0.4, 0.5) is 0 Å². The van der Waals surface area contributed by atoms with Gasteiger partial charge in [0.15, 0.2) is 0 Å². The molecule has 1 N–H and O–H groups in total. The second kappa shape index (κ2) is 5.99. The highest BCUT2D eigenvalue weighted by molar-refractivity contribution is 9.10. The van der Waals surface area contributed by atoms with E-state index in [0.29, 0.717) is 12.8 Å². The van der Waals surface area contributed by atoms with Crippen molar-refractivity contribution in [2.75, 3.05) is 0 Å². The molecule has 18 heavy (non-hydrogen) atoms. The fourth-order valence-corrected chi connectivity index (χ4v) is 3.48. The first-order valence-corrected chi connectivity index (χ1v) is 7.74. The largest absolute Gasteiger partial charge is 0.392 e. The van der Waals surface area contributed by atoms with E-state index in [0.717, 1.165) is 22.3 Å². The summed E-state index contributed by atoms with van der Waals surface area (Å²) < 4.78 is 2.90. The molecule has 0 aliphatic rings. The van der Waals surface area contributed by atoms with Crippen LogP contribution in [-0.4, -0.2) is 21.0 Å². The summed E-state index contributed by atoms with van der Waals surface area (Å²) in [6.07, 6.45) is 1.85. The first kappa shape index (κ1) is 13.8. The van der Waals surface area contributed by atoms with Crippen molar-refractivity contribution in [2.45, 2.75) is 32.3 Å². The lowest BCUT2D eigenvalue weighted by atomic mass is 10.1. The van der Waals surface area contributed by atoms with Gasteiger partial charge in [-0.05, 0) is 51.2 Å². The van der Waals surface area contributed by atoms with Crippen molar-refractivity contribution in [1.82, 2.24) is 9.78 Å². The van der Waals surface area contributed by atoms with Gasteiger partial charge in [-0.15, -0.1) is 0 Å². The smallest absolute Gasteiger partial charge is 0.0766 e. The lowest BCUT2D eigenvalue weighted by molar-refractivity contribution is 0.173. The highest BCUT2D eigenvalue weighted by atomic mass is 79.9. The van der Waals surface area contributed by atoms with Crippen LogP contribution in [0.15, 0.2) is 21.3 Å². The molecule has 0 saturated carbocycles. The van der Waals surface area contributed by atoms with Gasteiger partial charge < -0.3 is 5.11 Å². The number of nitrogens with zero attached hydrogens (tertiary/aromatic N) is 2. The van der Waals surface area contributed by atoms with Gasteiger partial charge in [-0.25, -0.2) is 0 Å². The zero-order valence-electron chi connectivity index (χ0n) is 10.6. The Kier molecular flexibility index (Phi) is 4.59. The maximum absolute atomic E-state index is 10.1. The molecule has 0 spiro atoms. The molecule has 2 aromatic heterocycles. The molecular weight excluding hydrogens is 312 g/mol. The second-order valence-electron chi connectivity index (χ2n) is 4.38. The van der Waals surface area contributed by atoms with Gasteiger partial charge in [0.05, 0.1) is 22.0 Å². The lowest BCUT2D eigenvalue weighted by Crippen LogP contribution is -2.16. The van der Waals surface area contributed by atoms with Crippen LogP contribution in [0.5, 0.6) is 0 Å². The van der Waals surface area contributed by atoms with E-state index in [1.807, 2.05) is 17.1 Å². The molecule has 0 saturated heterocycles. The molecular formula is C13H17BrN2OS. The van der Waals surface area contributed by atoms with Crippen molar-refractivity contribution in [3.63, 3.8) is 0 Å². The summed E-state index contributed by atoms with van der Waals surface area (Å²) in [4.78, 5) is 0. The average Bonchev–Trinajstić information content (AvgIpc) is 2.92. The minimum absolute atomic E-state index is 0.365. The molecule has 98 valence electrons. The average molecular weight is 329 g/mol. The number of hydrogen-bond donors (Lipinski definition) is 1. The zero-order valence-corrected chi connectivity index (χ0v) is 13.0. The van der Waals surface area contributed by atoms with E-state index in [9.17, 15) is 5.11 Å². The summed E-state index contributed by atoms with van der Waals surface area (Å²) in [7, 11) is 1.93. The minimum Gasteiger partial charge on any atom is -0.392 e. The molecule has 0 fully saturated rings.